The number of methoxy groups -OCH3 is 1. The average Bonchev–Trinajstić information content (AvgIpc) is 3.80. The summed E-state index contributed by atoms with van der Waals surface area (Å²) in [6.45, 7) is 4.22. The largest absolute Gasteiger partial charge is 0.465 e. The summed E-state index contributed by atoms with van der Waals surface area (Å²) < 4.78 is 4.81. The number of aliphatic imine (C=N–C) groups is 1. The highest BCUT2D eigenvalue weighted by Gasteiger charge is 2.19. The van der Waals surface area contributed by atoms with Gasteiger partial charge >= 0.3 is 5.97 Å². The van der Waals surface area contributed by atoms with E-state index in [0.29, 0.717) is 5.56 Å². The second-order valence-electron chi connectivity index (χ2n) is 11.5. The molecule has 2 aromatic heterocycles. The Morgan fingerprint density at radius 1 is 0.750 bits per heavy atom. The molecule has 0 radical (unpaired) electrons. The zero-order valence-electron chi connectivity index (χ0n) is 24.6. The van der Waals surface area contributed by atoms with Crippen LogP contribution < -0.4 is 4.90 Å². The smallest absolute Gasteiger partial charge is 0.337 e. The van der Waals surface area contributed by atoms with E-state index < -0.39 is 0 Å². The highest BCUT2D eigenvalue weighted by atomic mass is 16.5. The quantitative estimate of drug-likeness (QED) is 0.243. The Kier molecular flexibility index (Phi) is 6.27. The number of fused-ring (bicyclic) bond motifs is 3. The maximum absolute atomic E-state index is 11.8. The summed E-state index contributed by atoms with van der Waals surface area (Å²) in [5, 5.41) is 0. The molecule has 0 unspecified atom stereocenters. The summed E-state index contributed by atoms with van der Waals surface area (Å²) >= 11 is 0. The number of hydrogen-bond acceptors (Lipinski definition) is 7. The molecular formula is C35H31N7O2. The zero-order valence-corrected chi connectivity index (χ0v) is 24.6. The first kappa shape index (κ1) is 26.4. The highest BCUT2D eigenvalue weighted by molar-refractivity contribution is 6.07. The minimum absolute atomic E-state index is 0.344. The van der Waals surface area contributed by atoms with Crippen LogP contribution in [-0.2, 0) is 11.2 Å². The molecule has 9 heteroatoms. The molecule has 218 valence electrons. The standard InChI is InChI=1S/C35H31N7O2/c1-41-13-15-42(16-14-41)26-10-12-28-32(20-26)40-34(38-28)25-9-11-27-31(19-25)39-33(37-27)24-8-7-23-17-29(36-30(23)18-24)21-3-5-22(6-4-21)35(43)44-2/h3-12,18-20H,13-17H2,1-2H3,(H,37,39)(H,38,40). The SMILES string of the molecule is COC(=O)c1ccc(C2=Nc3cc(-c4nc5ccc(-c6nc7ccc(N8CCN(C)CC8)cc7[nH]6)cc5[nH]4)ccc3C2)cc1. The number of aromatic nitrogens is 4. The van der Waals surface area contributed by atoms with Gasteiger partial charge in [-0.05, 0) is 72.8 Å². The maximum Gasteiger partial charge on any atom is 0.337 e. The molecule has 4 heterocycles. The van der Waals surface area contributed by atoms with E-state index in [4.69, 9.17) is 19.7 Å². The second-order valence-corrected chi connectivity index (χ2v) is 11.5. The number of ether oxygens (including phenoxy) is 1. The third kappa shape index (κ3) is 4.71. The molecule has 4 aromatic carbocycles. The van der Waals surface area contributed by atoms with Gasteiger partial charge in [-0.15, -0.1) is 0 Å². The third-order valence-electron chi connectivity index (χ3n) is 8.70. The fourth-order valence-corrected chi connectivity index (χ4v) is 6.10. The first-order chi connectivity index (χ1) is 21.5. The van der Waals surface area contributed by atoms with E-state index in [2.05, 4.69) is 75.3 Å². The predicted octanol–water partition coefficient (Wildman–Crippen LogP) is 5.99. The van der Waals surface area contributed by atoms with Crippen LogP contribution in [0.4, 0.5) is 11.4 Å². The number of piperazine rings is 1. The lowest BCUT2D eigenvalue weighted by Crippen LogP contribution is -2.44. The Morgan fingerprint density at radius 2 is 1.39 bits per heavy atom. The van der Waals surface area contributed by atoms with Crippen molar-refractivity contribution < 1.29 is 9.53 Å². The molecular weight excluding hydrogens is 550 g/mol. The van der Waals surface area contributed by atoms with Crippen LogP contribution in [0, 0.1) is 0 Å². The van der Waals surface area contributed by atoms with Crippen LogP contribution in [0.2, 0.25) is 0 Å². The van der Waals surface area contributed by atoms with Crippen molar-refractivity contribution in [3.8, 4) is 22.8 Å². The van der Waals surface area contributed by atoms with Crippen LogP contribution in [0.15, 0.2) is 83.9 Å². The van der Waals surface area contributed by atoms with Gasteiger partial charge in [0.25, 0.3) is 0 Å². The van der Waals surface area contributed by atoms with E-state index >= 15 is 0 Å². The van der Waals surface area contributed by atoms with Crippen molar-refractivity contribution in [2.45, 2.75) is 6.42 Å². The number of aromatic amines is 2. The number of anilines is 1. The van der Waals surface area contributed by atoms with Crippen LogP contribution in [0.5, 0.6) is 0 Å². The van der Waals surface area contributed by atoms with Crippen molar-refractivity contribution in [2.75, 3.05) is 45.2 Å². The lowest BCUT2D eigenvalue weighted by atomic mass is 10.0. The van der Waals surface area contributed by atoms with Gasteiger partial charge in [0.05, 0.1) is 46.1 Å². The average molecular weight is 582 g/mol. The normalized spacial score (nSPS) is 15.1. The fourth-order valence-electron chi connectivity index (χ4n) is 6.10. The Hall–Kier alpha value is -5.28. The first-order valence-corrected chi connectivity index (χ1v) is 14.8. The second kappa shape index (κ2) is 10.5. The number of nitrogens with one attached hydrogen (secondary N) is 2. The number of hydrogen-bond donors (Lipinski definition) is 2. The maximum atomic E-state index is 11.8. The van der Waals surface area contributed by atoms with Crippen LogP contribution in [0.25, 0.3) is 44.8 Å². The summed E-state index contributed by atoms with van der Waals surface area (Å²) in [5.41, 5.74) is 11.7. The van der Waals surface area contributed by atoms with Gasteiger partial charge in [0.1, 0.15) is 11.6 Å². The molecule has 8 rings (SSSR count). The monoisotopic (exact) mass is 581 g/mol. The third-order valence-corrected chi connectivity index (χ3v) is 8.70. The van der Waals surface area contributed by atoms with Crippen molar-refractivity contribution in [2.24, 2.45) is 4.99 Å². The Morgan fingerprint density at radius 3 is 2.11 bits per heavy atom. The van der Waals surface area contributed by atoms with Crippen LogP contribution in [0.3, 0.4) is 0 Å². The number of imidazole rings is 2. The molecule has 9 nitrogen and oxygen atoms in total. The van der Waals surface area contributed by atoms with Gasteiger partial charge in [-0.3, -0.25) is 4.99 Å². The van der Waals surface area contributed by atoms with E-state index in [1.54, 1.807) is 12.1 Å². The number of H-pyrrole nitrogens is 2. The summed E-state index contributed by atoms with van der Waals surface area (Å²) in [5.74, 6) is 1.30. The molecule has 0 saturated carbocycles. The van der Waals surface area contributed by atoms with Gasteiger partial charge in [-0.25, -0.2) is 14.8 Å². The van der Waals surface area contributed by atoms with Crippen molar-refractivity contribution in [3.05, 3.63) is 95.6 Å². The van der Waals surface area contributed by atoms with Gasteiger partial charge in [-0.1, -0.05) is 24.3 Å². The van der Waals surface area contributed by atoms with Gasteiger partial charge in [0.15, 0.2) is 0 Å². The Labute approximate surface area is 254 Å². The van der Waals surface area contributed by atoms with Gasteiger partial charge in [0, 0.05) is 49.4 Å². The molecule has 1 saturated heterocycles. The molecule has 0 amide bonds. The highest BCUT2D eigenvalue weighted by Crippen LogP contribution is 2.34. The first-order valence-electron chi connectivity index (χ1n) is 14.8. The summed E-state index contributed by atoms with van der Waals surface area (Å²) in [6.07, 6.45) is 0.741. The Bertz CT molecular complexity index is 2080. The zero-order chi connectivity index (χ0) is 29.8. The summed E-state index contributed by atoms with van der Waals surface area (Å²) in [4.78, 5) is 38.3. The molecule has 0 bridgehead atoms. The van der Waals surface area contributed by atoms with Crippen LogP contribution in [-0.4, -0.2) is 76.9 Å². The van der Waals surface area contributed by atoms with Gasteiger partial charge in [0.2, 0.25) is 0 Å². The Balaban J connectivity index is 1.05. The number of esters is 1. The van der Waals surface area contributed by atoms with Crippen molar-refractivity contribution >= 4 is 45.1 Å². The number of nitrogens with zero attached hydrogens (tertiary/aromatic N) is 5. The molecule has 2 aliphatic heterocycles. The molecule has 0 atom stereocenters. The van der Waals surface area contributed by atoms with Crippen LogP contribution >= 0.6 is 0 Å². The van der Waals surface area contributed by atoms with Gasteiger partial charge in [-0.2, -0.15) is 0 Å². The van der Waals surface area contributed by atoms with Crippen molar-refractivity contribution in [1.29, 1.82) is 0 Å². The molecule has 0 spiro atoms. The van der Waals surface area contributed by atoms with E-state index in [1.807, 2.05) is 18.2 Å². The molecule has 2 aliphatic rings. The van der Waals surface area contributed by atoms with Crippen molar-refractivity contribution in [1.82, 2.24) is 24.8 Å². The number of carbonyl (C=O) groups excluding carboxylic acids is 1. The topological polar surface area (TPSA) is 102 Å². The van der Waals surface area contributed by atoms with E-state index in [0.717, 1.165) is 94.4 Å². The minimum atomic E-state index is -0.344. The van der Waals surface area contributed by atoms with E-state index in [9.17, 15) is 4.79 Å². The number of likely N-dealkylation sites (N-methyl/N-ethyl adjacent to an activating group) is 1. The lowest BCUT2D eigenvalue weighted by molar-refractivity contribution is 0.0600. The molecule has 2 N–H and O–H groups in total. The van der Waals surface area contributed by atoms with Gasteiger partial charge < -0.3 is 24.5 Å². The minimum Gasteiger partial charge on any atom is -0.465 e. The summed E-state index contributed by atoms with van der Waals surface area (Å²) in [6, 6.07) is 26.4. The predicted molar refractivity (Wildman–Crippen MR) is 174 cm³/mol. The summed E-state index contributed by atoms with van der Waals surface area (Å²) in [7, 11) is 3.56. The number of carbonyl (C=O) groups is 1. The number of rotatable bonds is 5. The lowest BCUT2D eigenvalue weighted by Gasteiger charge is -2.34. The fraction of sp³-hybridized carbons (Fsp3) is 0.200. The number of benzene rings is 4. The van der Waals surface area contributed by atoms with E-state index in [-0.39, 0.29) is 5.97 Å². The van der Waals surface area contributed by atoms with Crippen LogP contribution in [0.1, 0.15) is 21.5 Å². The molecule has 1 fully saturated rings. The van der Waals surface area contributed by atoms with Crippen molar-refractivity contribution in [3.63, 3.8) is 0 Å². The molecule has 0 aliphatic carbocycles. The molecule has 44 heavy (non-hydrogen) atoms. The molecule has 6 aromatic rings. The van der Waals surface area contributed by atoms with E-state index in [1.165, 1.54) is 18.4 Å².